The van der Waals surface area contributed by atoms with Crippen LogP contribution in [0, 0.1) is 0 Å². The molecule has 1 aromatic heterocycles. The van der Waals surface area contributed by atoms with Crippen molar-refractivity contribution in [3.05, 3.63) is 18.3 Å². The fourth-order valence-corrected chi connectivity index (χ4v) is 1.79. The van der Waals surface area contributed by atoms with E-state index >= 15 is 0 Å². The Balaban J connectivity index is 1.80. The summed E-state index contributed by atoms with van der Waals surface area (Å²) in [6.07, 6.45) is 2.96. The quantitative estimate of drug-likeness (QED) is 0.719. The summed E-state index contributed by atoms with van der Waals surface area (Å²) < 4.78 is 10.3. The molecule has 1 aromatic rings. The van der Waals surface area contributed by atoms with Crippen molar-refractivity contribution in [2.45, 2.75) is 12.5 Å². The molecule has 5 nitrogen and oxygen atoms in total. The summed E-state index contributed by atoms with van der Waals surface area (Å²) in [4.78, 5) is 4.23. The van der Waals surface area contributed by atoms with Gasteiger partial charge in [0, 0.05) is 25.8 Å². The standard InChI is InChI=1S/C12H19N3O2/c1-16-6-7-17-12-3-2-10(9-14-12)15-11-4-5-13-8-11/h2-3,9,11,13,15H,4-8H2,1H3. The third kappa shape index (κ3) is 3.87. The van der Waals surface area contributed by atoms with Crippen LogP contribution in [0.25, 0.3) is 0 Å². The largest absolute Gasteiger partial charge is 0.475 e. The van der Waals surface area contributed by atoms with Gasteiger partial charge in [-0.1, -0.05) is 0 Å². The first-order chi connectivity index (χ1) is 8.38. The maximum Gasteiger partial charge on any atom is 0.213 e. The van der Waals surface area contributed by atoms with Crippen molar-refractivity contribution in [1.82, 2.24) is 10.3 Å². The van der Waals surface area contributed by atoms with E-state index in [2.05, 4.69) is 15.6 Å². The van der Waals surface area contributed by atoms with Crippen LogP contribution < -0.4 is 15.4 Å². The second-order valence-electron chi connectivity index (χ2n) is 4.06. The molecule has 0 aromatic carbocycles. The third-order valence-corrected chi connectivity index (χ3v) is 2.70. The van der Waals surface area contributed by atoms with Gasteiger partial charge in [0.15, 0.2) is 0 Å². The Morgan fingerprint density at radius 2 is 2.41 bits per heavy atom. The molecule has 0 amide bonds. The number of hydrogen-bond donors (Lipinski definition) is 2. The number of pyridine rings is 1. The minimum atomic E-state index is 0.511. The monoisotopic (exact) mass is 237 g/mol. The lowest BCUT2D eigenvalue weighted by Crippen LogP contribution is -2.22. The van der Waals surface area contributed by atoms with Crippen LogP contribution >= 0.6 is 0 Å². The van der Waals surface area contributed by atoms with E-state index < -0.39 is 0 Å². The predicted octanol–water partition coefficient (Wildman–Crippen LogP) is 0.881. The van der Waals surface area contributed by atoms with Crippen molar-refractivity contribution in [3.63, 3.8) is 0 Å². The minimum Gasteiger partial charge on any atom is -0.475 e. The minimum absolute atomic E-state index is 0.511. The van der Waals surface area contributed by atoms with E-state index in [0.717, 1.165) is 25.2 Å². The molecule has 1 fully saturated rings. The molecule has 17 heavy (non-hydrogen) atoms. The zero-order chi connectivity index (χ0) is 11.9. The van der Waals surface area contributed by atoms with E-state index in [4.69, 9.17) is 9.47 Å². The lowest BCUT2D eigenvalue weighted by atomic mass is 10.2. The highest BCUT2D eigenvalue weighted by Gasteiger charge is 2.13. The number of nitrogens with one attached hydrogen (secondary N) is 2. The summed E-state index contributed by atoms with van der Waals surface area (Å²) >= 11 is 0. The molecule has 1 atom stereocenters. The second kappa shape index (κ2) is 6.42. The first-order valence-corrected chi connectivity index (χ1v) is 5.93. The molecule has 2 N–H and O–H groups in total. The number of ether oxygens (including phenoxy) is 2. The molecule has 2 heterocycles. The Kier molecular flexibility index (Phi) is 4.58. The van der Waals surface area contributed by atoms with Crippen molar-refractivity contribution in [2.24, 2.45) is 0 Å². The van der Waals surface area contributed by atoms with Crippen LogP contribution in [0.3, 0.4) is 0 Å². The molecular weight excluding hydrogens is 218 g/mol. The van der Waals surface area contributed by atoms with Gasteiger partial charge < -0.3 is 20.1 Å². The van der Waals surface area contributed by atoms with Gasteiger partial charge in [0.25, 0.3) is 0 Å². The molecular formula is C12H19N3O2. The number of rotatable bonds is 6. The van der Waals surface area contributed by atoms with Crippen LogP contribution in [-0.4, -0.2) is 44.4 Å². The molecule has 0 bridgehead atoms. The van der Waals surface area contributed by atoms with Gasteiger partial charge >= 0.3 is 0 Å². The Morgan fingerprint density at radius 3 is 3.06 bits per heavy atom. The predicted molar refractivity (Wildman–Crippen MR) is 66.5 cm³/mol. The molecule has 0 saturated carbocycles. The molecule has 1 unspecified atom stereocenters. The summed E-state index contributed by atoms with van der Waals surface area (Å²) in [6.45, 7) is 3.22. The van der Waals surface area contributed by atoms with Crippen molar-refractivity contribution in [2.75, 3.05) is 38.7 Å². The number of methoxy groups -OCH3 is 1. The Bertz CT molecular complexity index is 323. The van der Waals surface area contributed by atoms with Gasteiger partial charge in [-0.05, 0) is 19.0 Å². The van der Waals surface area contributed by atoms with E-state index in [9.17, 15) is 0 Å². The van der Waals surface area contributed by atoms with Gasteiger partial charge in [0.2, 0.25) is 5.88 Å². The SMILES string of the molecule is COCCOc1ccc(NC2CCNC2)cn1. The summed E-state index contributed by atoms with van der Waals surface area (Å²) in [5.41, 5.74) is 1.04. The van der Waals surface area contributed by atoms with E-state index in [0.29, 0.717) is 25.1 Å². The number of nitrogens with zero attached hydrogens (tertiary/aromatic N) is 1. The van der Waals surface area contributed by atoms with Crippen LogP contribution in [0.15, 0.2) is 18.3 Å². The van der Waals surface area contributed by atoms with Crippen molar-refractivity contribution in [3.8, 4) is 5.88 Å². The third-order valence-electron chi connectivity index (χ3n) is 2.70. The van der Waals surface area contributed by atoms with Gasteiger partial charge in [-0.2, -0.15) is 0 Å². The molecule has 0 radical (unpaired) electrons. The molecule has 1 aliphatic heterocycles. The van der Waals surface area contributed by atoms with E-state index in [1.54, 1.807) is 13.3 Å². The summed E-state index contributed by atoms with van der Waals surface area (Å²) in [7, 11) is 1.65. The van der Waals surface area contributed by atoms with Gasteiger partial charge in [0.05, 0.1) is 18.5 Å². The zero-order valence-electron chi connectivity index (χ0n) is 10.1. The van der Waals surface area contributed by atoms with Crippen molar-refractivity contribution in [1.29, 1.82) is 0 Å². The highest BCUT2D eigenvalue weighted by molar-refractivity contribution is 5.43. The zero-order valence-corrected chi connectivity index (χ0v) is 10.1. The second-order valence-corrected chi connectivity index (χ2v) is 4.06. The maximum atomic E-state index is 5.40. The topological polar surface area (TPSA) is 55.4 Å². The molecule has 5 heteroatoms. The maximum absolute atomic E-state index is 5.40. The van der Waals surface area contributed by atoms with Crippen LogP contribution in [0.2, 0.25) is 0 Å². The van der Waals surface area contributed by atoms with E-state index in [-0.39, 0.29) is 0 Å². The molecule has 94 valence electrons. The molecule has 1 aliphatic rings. The molecule has 1 saturated heterocycles. The summed E-state index contributed by atoms with van der Waals surface area (Å²) in [5.74, 6) is 0.636. The summed E-state index contributed by atoms with van der Waals surface area (Å²) in [5, 5.41) is 6.75. The molecule has 0 spiro atoms. The van der Waals surface area contributed by atoms with E-state index in [1.807, 2.05) is 12.1 Å². The van der Waals surface area contributed by atoms with Gasteiger partial charge in [0.1, 0.15) is 6.61 Å². The lowest BCUT2D eigenvalue weighted by Gasteiger charge is -2.12. The van der Waals surface area contributed by atoms with E-state index in [1.165, 1.54) is 0 Å². The van der Waals surface area contributed by atoms with Crippen LogP contribution in [0.5, 0.6) is 5.88 Å². The highest BCUT2D eigenvalue weighted by Crippen LogP contribution is 2.14. The average Bonchev–Trinajstić information content (AvgIpc) is 2.85. The van der Waals surface area contributed by atoms with Crippen LogP contribution in [-0.2, 0) is 4.74 Å². The highest BCUT2D eigenvalue weighted by atomic mass is 16.5. The Labute approximate surface area is 102 Å². The van der Waals surface area contributed by atoms with Gasteiger partial charge in [-0.15, -0.1) is 0 Å². The molecule has 0 aliphatic carbocycles. The molecule has 2 rings (SSSR count). The first-order valence-electron chi connectivity index (χ1n) is 5.93. The fourth-order valence-electron chi connectivity index (χ4n) is 1.79. The van der Waals surface area contributed by atoms with Crippen molar-refractivity contribution < 1.29 is 9.47 Å². The Morgan fingerprint density at radius 1 is 1.47 bits per heavy atom. The number of hydrogen-bond acceptors (Lipinski definition) is 5. The van der Waals surface area contributed by atoms with Gasteiger partial charge in [-0.25, -0.2) is 4.98 Å². The smallest absolute Gasteiger partial charge is 0.213 e. The number of anilines is 1. The Hall–Kier alpha value is -1.33. The van der Waals surface area contributed by atoms with Gasteiger partial charge in [-0.3, -0.25) is 0 Å². The lowest BCUT2D eigenvalue weighted by molar-refractivity contribution is 0.144. The fraction of sp³-hybridized carbons (Fsp3) is 0.583. The summed E-state index contributed by atoms with van der Waals surface area (Å²) in [6, 6.07) is 4.38. The number of aromatic nitrogens is 1. The normalized spacial score (nSPS) is 19.2. The van der Waals surface area contributed by atoms with Crippen LogP contribution in [0.1, 0.15) is 6.42 Å². The first kappa shape index (κ1) is 12.1. The average molecular weight is 237 g/mol. The van der Waals surface area contributed by atoms with Crippen LogP contribution in [0.4, 0.5) is 5.69 Å². The van der Waals surface area contributed by atoms with Crippen molar-refractivity contribution >= 4 is 5.69 Å².